The number of aliphatic hydroxyl groups is 1. The smallest absolute Gasteiger partial charge is 0.306 e. The van der Waals surface area contributed by atoms with Gasteiger partial charge < -0.3 is 10.2 Å². The Morgan fingerprint density at radius 3 is 2.59 bits per heavy atom. The Kier molecular flexibility index (Phi) is 10.3. The van der Waals surface area contributed by atoms with Crippen molar-refractivity contribution in [1.29, 1.82) is 0 Å². The third kappa shape index (κ3) is 8.16. The van der Waals surface area contributed by atoms with Crippen molar-refractivity contribution >= 4 is 11.8 Å². The molecule has 4 nitrogen and oxygen atoms in total. The number of Topliss-reactive ketones (excluding diaryl/α,β-unsaturated/α-hetero) is 1. The molecule has 0 saturated heterocycles. The first-order valence-corrected chi connectivity index (χ1v) is 10.8. The number of rotatable bonds is 13. The predicted octanol–water partition coefficient (Wildman–Crippen LogP) is 5.39. The molecule has 1 aliphatic rings. The number of aliphatic hydroxyl groups excluding tert-OH is 1. The highest BCUT2D eigenvalue weighted by Crippen LogP contribution is 2.35. The Morgan fingerprint density at radius 1 is 1.26 bits per heavy atom. The van der Waals surface area contributed by atoms with Crippen LogP contribution in [0.3, 0.4) is 0 Å². The van der Waals surface area contributed by atoms with Crippen LogP contribution in [0.4, 0.5) is 0 Å². The van der Waals surface area contributed by atoms with Crippen molar-refractivity contribution in [2.45, 2.75) is 98.0 Å². The standard InChI is InChI=1S/C23H40O4/c1-5-6-16-23(3,4)21(25)15-13-18-12-14-20(24)19(18)11-9-7-8-10-17(2)22(26)27/h13,15,17-19,21,25H,5-12,14,16H2,1-4H3,(H,26,27)/b15-13+/t17?,18?,19-,21-/m1/s1. The molecule has 0 heterocycles. The highest BCUT2D eigenvalue weighted by atomic mass is 16.4. The quantitative estimate of drug-likeness (QED) is 0.332. The van der Waals surface area contributed by atoms with Crippen molar-refractivity contribution in [2.75, 3.05) is 0 Å². The van der Waals surface area contributed by atoms with E-state index in [4.69, 9.17) is 5.11 Å². The normalized spacial score (nSPS) is 23.1. The summed E-state index contributed by atoms with van der Waals surface area (Å²) in [5.74, 6) is -0.350. The number of carboxylic acids is 1. The molecule has 0 spiro atoms. The molecular weight excluding hydrogens is 340 g/mol. The molecule has 0 aliphatic heterocycles. The highest BCUT2D eigenvalue weighted by molar-refractivity contribution is 5.83. The van der Waals surface area contributed by atoms with Gasteiger partial charge in [0, 0.05) is 12.3 Å². The van der Waals surface area contributed by atoms with Crippen molar-refractivity contribution < 1.29 is 19.8 Å². The first-order valence-electron chi connectivity index (χ1n) is 10.8. The molecule has 1 rings (SSSR count). The van der Waals surface area contributed by atoms with Gasteiger partial charge in [-0.25, -0.2) is 0 Å². The van der Waals surface area contributed by atoms with Gasteiger partial charge in [0.2, 0.25) is 0 Å². The Balaban J connectivity index is 2.46. The van der Waals surface area contributed by atoms with Gasteiger partial charge in [0.25, 0.3) is 0 Å². The van der Waals surface area contributed by atoms with Crippen LogP contribution in [0.15, 0.2) is 12.2 Å². The van der Waals surface area contributed by atoms with E-state index in [1.54, 1.807) is 6.92 Å². The van der Waals surface area contributed by atoms with Crippen molar-refractivity contribution in [2.24, 2.45) is 23.2 Å². The van der Waals surface area contributed by atoms with Gasteiger partial charge in [-0.15, -0.1) is 0 Å². The van der Waals surface area contributed by atoms with Gasteiger partial charge in [-0.05, 0) is 37.0 Å². The van der Waals surface area contributed by atoms with E-state index in [9.17, 15) is 14.7 Å². The van der Waals surface area contributed by atoms with Crippen LogP contribution in [-0.2, 0) is 9.59 Å². The van der Waals surface area contributed by atoms with Crippen LogP contribution >= 0.6 is 0 Å². The number of carboxylic acid groups (broad SMARTS) is 1. The second-order valence-corrected chi connectivity index (χ2v) is 9.07. The van der Waals surface area contributed by atoms with Crippen LogP contribution in [-0.4, -0.2) is 28.1 Å². The number of hydrogen-bond acceptors (Lipinski definition) is 3. The molecule has 0 aromatic rings. The molecule has 0 bridgehead atoms. The molecule has 4 atom stereocenters. The Bertz CT molecular complexity index is 495. The minimum absolute atomic E-state index is 0.0732. The van der Waals surface area contributed by atoms with Crippen molar-refractivity contribution in [3.63, 3.8) is 0 Å². The monoisotopic (exact) mass is 380 g/mol. The van der Waals surface area contributed by atoms with E-state index in [1.807, 2.05) is 6.08 Å². The summed E-state index contributed by atoms with van der Waals surface area (Å²) < 4.78 is 0. The average molecular weight is 381 g/mol. The lowest BCUT2D eigenvalue weighted by Crippen LogP contribution is -2.27. The van der Waals surface area contributed by atoms with E-state index in [0.29, 0.717) is 18.6 Å². The van der Waals surface area contributed by atoms with Crippen LogP contribution in [0.1, 0.15) is 91.9 Å². The summed E-state index contributed by atoms with van der Waals surface area (Å²) in [4.78, 5) is 23.1. The maximum Gasteiger partial charge on any atom is 0.306 e. The fourth-order valence-electron chi connectivity index (χ4n) is 3.94. The minimum atomic E-state index is -0.730. The van der Waals surface area contributed by atoms with Gasteiger partial charge >= 0.3 is 5.97 Å². The van der Waals surface area contributed by atoms with Crippen LogP contribution < -0.4 is 0 Å². The largest absolute Gasteiger partial charge is 0.481 e. The fourth-order valence-corrected chi connectivity index (χ4v) is 3.94. The molecule has 156 valence electrons. The van der Waals surface area contributed by atoms with Gasteiger partial charge in [0.1, 0.15) is 5.78 Å². The van der Waals surface area contributed by atoms with Gasteiger partial charge in [-0.2, -0.15) is 0 Å². The summed E-state index contributed by atoms with van der Waals surface area (Å²) in [6, 6.07) is 0. The molecule has 1 aliphatic carbocycles. The molecule has 1 fully saturated rings. The second kappa shape index (κ2) is 11.6. The summed E-state index contributed by atoms with van der Waals surface area (Å²) in [6.07, 6.45) is 12.7. The van der Waals surface area contributed by atoms with E-state index in [-0.39, 0.29) is 23.2 Å². The third-order valence-electron chi connectivity index (χ3n) is 6.24. The zero-order valence-electron chi connectivity index (χ0n) is 17.7. The molecule has 27 heavy (non-hydrogen) atoms. The van der Waals surface area contributed by atoms with E-state index >= 15 is 0 Å². The van der Waals surface area contributed by atoms with E-state index in [2.05, 4.69) is 26.8 Å². The summed E-state index contributed by atoms with van der Waals surface area (Å²) >= 11 is 0. The summed E-state index contributed by atoms with van der Waals surface area (Å²) in [5.41, 5.74) is -0.133. The predicted molar refractivity (Wildman–Crippen MR) is 110 cm³/mol. The lowest BCUT2D eigenvalue weighted by atomic mass is 9.80. The number of unbranched alkanes of at least 4 members (excludes halogenated alkanes) is 3. The molecule has 2 unspecified atom stereocenters. The number of carbonyl (C=O) groups is 2. The molecule has 0 aromatic carbocycles. The topological polar surface area (TPSA) is 74.6 Å². The third-order valence-corrected chi connectivity index (χ3v) is 6.24. The second-order valence-electron chi connectivity index (χ2n) is 9.07. The Hall–Kier alpha value is -1.16. The zero-order chi connectivity index (χ0) is 20.4. The van der Waals surface area contributed by atoms with Crippen molar-refractivity contribution in [3.8, 4) is 0 Å². The lowest BCUT2D eigenvalue weighted by molar-refractivity contribution is -0.141. The summed E-state index contributed by atoms with van der Waals surface area (Å²) in [5, 5.41) is 19.5. The van der Waals surface area contributed by atoms with Gasteiger partial charge in [-0.1, -0.05) is 72.0 Å². The SMILES string of the molecule is CCCCC(C)(C)[C@H](O)/C=C/C1CCC(=O)[C@@H]1CCCCCC(C)C(=O)O. The highest BCUT2D eigenvalue weighted by Gasteiger charge is 2.33. The van der Waals surface area contributed by atoms with Crippen LogP contribution in [0.2, 0.25) is 0 Å². The van der Waals surface area contributed by atoms with Crippen LogP contribution in [0.5, 0.6) is 0 Å². The number of carbonyl (C=O) groups excluding carboxylic acids is 1. The molecule has 2 N–H and O–H groups in total. The van der Waals surface area contributed by atoms with Crippen molar-refractivity contribution in [1.82, 2.24) is 0 Å². The molecule has 0 radical (unpaired) electrons. The number of hydrogen-bond donors (Lipinski definition) is 2. The fraction of sp³-hybridized carbons (Fsp3) is 0.826. The van der Waals surface area contributed by atoms with E-state index in [0.717, 1.165) is 51.4 Å². The lowest BCUT2D eigenvalue weighted by Gasteiger charge is -2.29. The number of ketones is 1. The first kappa shape index (κ1) is 23.9. The summed E-state index contributed by atoms with van der Waals surface area (Å²) in [7, 11) is 0. The number of allylic oxidation sites excluding steroid dienone is 1. The van der Waals surface area contributed by atoms with E-state index in [1.165, 1.54) is 0 Å². The Labute approximate surface area is 165 Å². The summed E-state index contributed by atoms with van der Waals surface area (Å²) in [6.45, 7) is 8.12. The average Bonchev–Trinajstić information content (AvgIpc) is 2.97. The first-order chi connectivity index (χ1) is 12.7. The number of aliphatic carboxylic acids is 1. The van der Waals surface area contributed by atoms with Crippen LogP contribution in [0.25, 0.3) is 0 Å². The molecule has 1 saturated carbocycles. The Morgan fingerprint density at radius 2 is 1.96 bits per heavy atom. The van der Waals surface area contributed by atoms with Crippen LogP contribution in [0, 0.1) is 23.2 Å². The minimum Gasteiger partial charge on any atom is -0.481 e. The van der Waals surface area contributed by atoms with Gasteiger partial charge in [0.15, 0.2) is 0 Å². The molecular formula is C23H40O4. The maximum atomic E-state index is 12.3. The molecule has 0 aromatic heterocycles. The maximum absolute atomic E-state index is 12.3. The van der Waals surface area contributed by atoms with Gasteiger partial charge in [-0.3, -0.25) is 9.59 Å². The van der Waals surface area contributed by atoms with Gasteiger partial charge in [0.05, 0.1) is 12.0 Å². The zero-order valence-corrected chi connectivity index (χ0v) is 17.7. The van der Waals surface area contributed by atoms with Crippen molar-refractivity contribution in [3.05, 3.63) is 12.2 Å². The molecule has 0 amide bonds. The molecule has 4 heteroatoms. The van der Waals surface area contributed by atoms with E-state index < -0.39 is 12.1 Å².